The molecule has 1 aliphatic heterocycles. The molecule has 2 rings (SSSR count). The summed E-state index contributed by atoms with van der Waals surface area (Å²) in [6.07, 6.45) is 0. The molecule has 1 aromatic carbocycles. The molecule has 0 amide bonds. The zero-order chi connectivity index (χ0) is 15.3. The maximum absolute atomic E-state index is 5.46. The number of hydrogen-bond acceptors (Lipinski definition) is 4. The van der Waals surface area contributed by atoms with Crippen LogP contribution in [0, 0.1) is 0 Å². The standard InChI is InChI=1S/C17H29N3O/c1-17(2,3)18-9-10-19-11-13-20(14-12-19)15-7-5-6-8-16(15)21-4/h5-8,18H,9-14H2,1-4H3. The number of anilines is 1. The molecule has 4 heteroatoms. The lowest BCUT2D eigenvalue weighted by Crippen LogP contribution is -2.49. The third-order valence-corrected chi connectivity index (χ3v) is 3.88. The highest BCUT2D eigenvalue weighted by Gasteiger charge is 2.19. The number of nitrogens with one attached hydrogen (secondary N) is 1. The van der Waals surface area contributed by atoms with Crippen LogP contribution < -0.4 is 15.0 Å². The number of methoxy groups -OCH3 is 1. The normalized spacial score (nSPS) is 17.0. The molecule has 0 atom stereocenters. The molecule has 0 bridgehead atoms. The van der Waals surface area contributed by atoms with Crippen molar-refractivity contribution in [2.75, 3.05) is 51.3 Å². The molecule has 0 radical (unpaired) electrons. The van der Waals surface area contributed by atoms with Gasteiger partial charge in [0.15, 0.2) is 0 Å². The molecule has 1 aromatic rings. The molecule has 0 unspecified atom stereocenters. The SMILES string of the molecule is COc1ccccc1N1CCN(CCNC(C)(C)C)CC1. The number of ether oxygens (including phenoxy) is 1. The third-order valence-electron chi connectivity index (χ3n) is 3.88. The van der Waals surface area contributed by atoms with Crippen molar-refractivity contribution < 1.29 is 4.74 Å². The third kappa shape index (κ3) is 4.90. The molecule has 0 saturated carbocycles. The minimum absolute atomic E-state index is 0.208. The van der Waals surface area contributed by atoms with Crippen LogP contribution in [0.1, 0.15) is 20.8 Å². The van der Waals surface area contributed by atoms with E-state index in [0.717, 1.165) is 45.0 Å². The zero-order valence-corrected chi connectivity index (χ0v) is 13.9. The lowest BCUT2D eigenvalue weighted by molar-refractivity contribution is 0.247. The highest BCUT2D eigenvalue weighted by Crippen LogP contribution is 2.28. The van der Waals surface area contributed by atoms with Gasteiger partial charge in [-0.05, 0) is 32.9 Å². The van der Waals surface area contributed by atoms with Gasteiger partial charge in [0, 0.05) is 44.8 Å². The van der Waals surface area contributed by atoms with Gasteiger partial charge >= 0.3 is 0 Å². The molecular weight excluding hydrogens is 262 g/mol. The van der Waals surface area contributed by atoms with Gasteiger partial charge in [0.1, 0.15) is 5.75 Å². The van der Waals surface area contributed by atoms with E-state index >= 15 is 0 Å². The minimum Gasteiger partial charge on any atom is -0.495 e. The van der Waals surface area contributed by atoms with Gasteiger partial charge < -0.3 is 15.0 Å². The summed E-state index contributed by atoms with van der Waals surface area (Å²) >= 11 is 0. The van der Waals surface area contributed by atoms with E-state index in [1.54, 1.807) is 7.11 Å². The second-order valence-electron chi connectivity index (χ2n) is 6.68. The van der Waals surface area contributed by atoms with Crippen molar-refractivity contribution in [1.29, 1.82) is 0 Å². The summed E-state index contributed by atoms with van der Waals surface area (Å²) in [6.45, 7) is 13.2. The smallest absolute Gasteiger partial charge is 0.142 e. The highest BCUT2D eigenvalue weighted by molar-refractivity contribution is 5.58. The van der Waals surface area contributed by atoms with E-state index in [2.05, 4.69) is 48.0 Å². The largest absolute Gasteiger partial charge is 0.495 e. The number of nitrogens with zero attached hydrogens (tertiary/aromatic N) is 2. The lowest BCUT2D eigenvalue weighted by Gasteiger charge is -2.37. The molecule has 0 aliphatic carbocycles. The summed E-state index contributed by atoms with van der Waals surface area (Å²) in [5.41, 5.74) is 1.42. The molecule has 1 saturated heterocycles. The van der Waals surface area contributed by atoms with Gasteiger partial charge in [-0.25, -0.2) is 0 Å². The molecule has 1 heterocycles. The fourth-order valence-electron chi connectivity index (χ4n) is 2.69. The Morgan fingerprint density at radius 1 is 1.10 bits per heavy atom. The minimum atomic E-state index is 0.208. The molecule has 1 aliphatic rings. The highest BCUT2D eigenvalue weighted by atomic mass is 16.5. The van der Waals surface area contributed by atoms with Gasteiger partial charge in [0.25, 0.3) is 0 Å². The Morgan fingerprint density at radius 2 is 1.76 bits per heavy atom. The first-order chi connectivity index (χ1) is 9.99. The summed E-state index contributed by atoms with van der Waals surface area (Å²) in [6, 6.07) is 8.29. The molecule has 0 spiro atoms. The number of para-hydroxylation sites is 2. The Balaban J connectivity index is 1.80. The van der Waals surface area contributed by atoms with Crippen LogP contribution in [0.5, 0.6) is 5.75 Å². The first kappa shape index (κ1) is 16.1. The number of hydrogen-bond donors (Lipinski definition) is 1. The summed E-state index contributed by atoms with van der Waals surface area (Å²) in [4.78, 5) is 4.96. The topological polar surface area (TPSA) is 27.7 Å². The Hall–Kier alpha value is -1.26. The summed E-state index contributed by atoms with van der Waals surface area (Å²) in [5, 5.41) is 3.56. The van der Waals surface area contributed by atoms with Crippen molar-refractivity contribution in [2.45, 2.75) is 26.3 Å². The van der Waals surface area contributed by atoms with E-state index in [-0.39, 0.29) is 5.54 Å². The number of benzene rings is 1. The Morgan fingerprint density at radius 3 is 2.38 bits per heavy atom. The second-order valence-corrected chi connectivity index (χ2v) is 6.68. The van der Waals surface area contributed by atoms with E-state index in [9.17, 15) is 0 Å². The van der Waals surface area contributed by atoms with Crippen molar-refractivity contribution in [2.24, 2.45) is 0 Å². The molecule has 1 fully saturated rings. The van der Waals surface area contributed by atoms with Crippen molar-refractivity contribution >= 4 is 5.69 Å². The van der Waals surface area contributed by atoms with Crippen molar-refractivity contribution in [3.8, 4) is 5.75 Å². The van der Waals surface area contributed by atoms with Crippen LogP contribution in [0.2, 0.25) is 0 Å². The Kier molecular flexibility index (Phi) is 5.48. The van der Waals surface area contributed by atoms with E-state index in [1.165, 1.54) is 5.69 Å². The van der Waals surface area contributed by atoms with Crippen LogP contribution in [-0.4, -0.2) is 56.8 Å². The maximum Gasteiger partial charge on any atom is 0.142 e. The summed E-state index contributed by atoms with van der Waals surface area (Å²) < 4.78 is 5.46. The van der Waals surface area contributed by atoms with Crippen LogP contribution in [0.15, 0.2) is 24.3 Å². The van der Waals surface area contributed by atoms with Gasteiger partial charge in [-0.1, -0.05) is 12.1 Å². The predicted molar refractivity (Wildman–Crippen MR) is 89.4 cm³/mol. The summed E-state index contributed by atoms with van der Waals surface area (Å²) in [7, 11) is 1.74. The maximum atomic E-state index is 5.46. The lowest BCUT2D eigenvalue weighted by atomic mass is 10.1. The monoisotopic (exact) mass is 291 g/mol. The Bertz CT molecular complexity index is 434. The fraction of sp³-hybridized carbons (Fsp3) is 0.647. The van der Waals surface area contributed by atoms with Crippen LogP contribution in [0.3, 0.4) is 0 Å². The van der Waals surface area contributed by atoms with E-state index in [4.69, 9.17) is 4.74 Å². The summed E-state index contributed by atoms with van der Waals surface area (Å²) in [5.74, 6) is 0.973. The van der Waals surface area contributed by atoms with Gasteiger partial charge in [-0.2, -0.15) is 0 Å². The molecule has 0 aromatic heterocycles. The van der Waals surface area contributed by atoms with E-state index in [1.807, 2.05) is 12.1 Å². The van der Waals surface area contributed by atoms with Crippen LogP contribution in [0.25, 0.3) is 0 Å². The zero-order valence-electron chi connectivity index (χ0n) is 13.9. The molecule has 4 nitrogen and oxygen atoms in total. The van der Waals surface area contributed by atoms with Gasteiger partial charge in [-0.3, -0.25) is 4.90 Å². The van der Waals surface area contributed by atoms with Gasteiger partial charge in [-0.15, -0.1) is 0 Å². The van der Waals surface area contributed by atoms with Crippen molar-refractivity contribution in [3.05, 3.63) is 24.3 Å². The average Bonchev–Trinajstić information content (AvgIpc) is 2.47. The predicted octanol–water partition coefficient (Wildman–Crippen LogP) is 2.21. The van der Waals surface area contributed by atoms with Crippen molar-refractivity contribution in [1.82, 2.24) is 10.2 Å². The van der Waals surface area contributed by atoms with Crippen LogP contribution in [-0.2, 0) is 0 Å². The number of rotatable bonds is 5. The molecular formula is C17H29N3O. The second kappa shape index (κ2) is 7.14. The fourth-order valence-corrected chi connectivity index (χ4v) is 2.69. The van der Waals surface area contributed by atoms with Gasteiger partial charge in [0.2, 0.25) is 0 Å². The van der Waals surface area contributed by atoms with E-state index < -0.39 is 0 Å². The van der Waals surface area contributed by atoms with E-state index in [0.29, 0.717) is 0 Å². The van der Waals surface area contributed by atoms with Crippen LogP contribution in [0.4, 0.5) is 5.69 Å². The number of piperazine rings is 1. The van der Waals surface area contributed by atoms with Crippen LogP contribution >= 0.6 is 0 Å². The van der Waals surface area contributed by atoms with Crippen molar-refractivity contribution in [3.63, 3.8) is 0 Å². The average molecular weight is 291 g/mol. The quantitative estimate of drug-likeness (QED) is 0.900. The molecule has 21 heavy (non-hydrogen) atoms. The Labute approximate surface area is 129 Å². The first-order valence-electron chi connectivity index (χ1n) is 7.85. The first-order valence-corrected chi connectivity index (χ1v) is 7.85. The molecule has 118 valence electrons. The van der Waals surface area contributed by atoms with Gasteiger partial charge in [0.05, 0.1) is 12.8 Å². The molecule has 1 N–H and O–H groups in total.